The van der Waals surface area contributed by atoms with Crippen LogP contribution in [0.1, 0.15) is 87.1 Å². The molecule has 17 heteroatoms. The van der Waals surface area contributed by atoms with Crippen LogP contribution >= 0.6 is 0 Å². The second kappa shape index (κ2) is 20.8. The second-order valence-electron chi connectivity index (χ2n) is 20.1. The summed E-state index contributed by atoms with van der Waals surface area (Å²) in [5, 5.41) is 19.5. The Kier molecular flexibility index (Phi) is 14.7. The molecule has 8 rings (SSSR count). The van der Waals surface area contributed by atoms with Gasteiger partial charge in [0.1, 0.15) is 35.6 Å². The summed E-state index contributed by atoms with van der Waals surface area (Å²) < 4.78 is 13.1. The number of carbonyl (C=O) groups is 6. The molecule has 71 heavy (non-hydrogen) atoms. The first-order chi connectivity index (χ1) is 33.9. The molecule has 0 spiro atoms. The number of methoxy groups -OCH3 is 1. The molecule has 3 aliphatic rings. The summed E-state index contributed by atoms with van der Waals surface area (Å²) in [6.07, 6.45) is 7.39. The summed E-state index contributed by atoms with van der Waals surface area (Å²) in [5.74, 6) is -3.34. The Bertz CT molecular complexity index is 2880. The zero-order valence-corrected chi connectivity index (χ0v) is 41.7. The van der Waals surface area contributed by atoms with E-state index in [1.54, 1.807) is 32.0 Å². The summed E-state index contributed by atoms with van der Waals surface area (Å²) in [6, 6.07) is 12.1. The number of aromatic hydroxyl groups is 1. The van der Waals surface area contributed by atoms with Gasteiger partial charge in [-0.15, -0.1) is 0 Å². The highest BCUT2D eigenvalue weighted by atomic mass is 16.5. The number of phenols is 1. The number of amides is 3. The van der Waals surface area contributed by atoms with Gasteiger partial charge in [0.05, 0.1) is 25.5 Å². The highest BCUT2D eigenvalue weighted by Gasteiger charge is 2.48. The lowest BCUT2D eigenvalue weighted by molar-refractivity contribution is -0.155. The maximum absolute atomic E-state index is 14.8. The third-order valence-electron chi connectivity index (χ3n) is 13.8. The van der Waals surface area contributed by atoms with Crippen LogP contribution in [0.15, 0.2) is 73.2 Å². The number of likely N-dealkylation sites (N-methyl/N-ethyl adjacent to an activating group) is 1. The normalized spacial score (nSPS) is 20.4. The number of aromatic nitrogens is 3. The van der Waals surface area contributed by atoms with Crippen LogP contribution in [0.3, 0.4) is 0 Å². The van der Waals surface area contributed by atoms with E-state index >= 15 is 0 Å². The molecule has 5 atom stereocenters. The van der Waals surface area contributed by atoms with E-state index < -0.39 is 71.2 Å². The third kappa shape index (κ3) is 10.7. The number of phenolic OH excluding ortho intramolecular Hbond substituents is 1. The Morgan fingerprint density at radius 1 is 1.01 bits per heavy atom. The zero-order chi connectivity index (χ0) is 50.9. The van der Waals surface area contributed by atoms with Crippen molar-refractivity contribution in [1.82, 2.24) is 40.5 Å². The van der Waals surface area contributed by atoms with Gasteiger partial charge in [-0.2, -0.15) is 0 Å². The number of hydrogen-bond acceptors (Lipinski definition) is 13. The first-order valence-corrected chi connectivity index (χ1v) is 24.5. The van der Waals surface area contributed by atoms with E-state index in [1.165, 1.54) is 36.3 Å². The molecule has 3 aliphatic heterocycles. The third-order valence-corrected chi connectivity index (χ3v) is 13.8. The molecule has 5 aromatic rings. The molecule has 0 saturated carbocycles. The number of cyclic esters (lactones) is 1. The predicted molar refractivity (Wildman–Crippen MR) is 266 cm³/mol. The maximum Gasteiger partial charge on any atom is 0.324 e. The number of esters is 2. The Labute approximate surface area is 413 Å². The minimum atomic E-state index is -1.21. The van der Waals surface area contributed by atoms with Crippen molar-refractivity contribution in [3.05, 3.63) is 101 Å². The average Bonchev–Trinajstić information content (AvgIpc) is 4.11. The van der Waals surface area contributed by atoms with Crippen LogP contribution in [-0.2, 0) is 65.7 Å². The van der Waals surface area contributed by atoms with Crippen molar-refractivity contribution in [1.29, 1.82) is 0 Å². The number of nitrogens with zero attached hydrogens (tertiary/aromatic N) is 5. The number of fused-ring (bicyclic) bond motifs is 6. The van der Waals surface area contributed by atoms with Gasteiger partial charge in [-0.25, -0.2) is 5.43 Å². The molecule has 2 aromatic carbocycles. The number of hydrazine groups is 1. The van der Waals surface area contributed by atoms with Gasteiger partial charge in [-0.3, -0.25) is 49.1 Å². The molecule has 374 valence electrons. The number of pyridine rings is 2. The number of hydrogen-bond donors (Lipinski definition) is 4. The first kappa shape index (κ1) is 50.4. The molecule has 0 radical (unpaired) electrons. The second-order valence-corrected chi connectivity index (χ2v) is 20.1. The van der Waals surface area contributed by atoms with Crippen LogP contribution in [0.25, 0.3) is 33.3 Å². The van der Waals surface area contributed by atoms with E-state index in [0.717, 1.165) is 45.3 Å². The molecular weight excluding hydrogens is 905 g/mol. The van der Waals surface area contributed by atoms with E-state index in [0.29, 0.717) is 42.5 Å². The van der Waals surface area contributed by atoms with Crippen LogP contribution in [0, 0.1) is 11.3 Å². The molecule has 6 heterocycles. The van der Waals surface area contributed by atoms with Gasteiger partial charge in [-0.05, 0) is 108 Å². The maximum atomic E-state index is 14.8. The Morgan fingerprint density at radius 2 is 1.80 bits per heavy atom. The fraction of sp³-hybridized carbons (Fsp3) is 0.444. The number of Topliss-reactive ketones (excluding diaryl/α,β-unsaturated/α-hetero) is 1. The highest BCUT2D eigenvalue weighted by molar-refractivity contribution is 5.99. The van der Waals surface area contributed by atoms with Gasteiger partial charge in [0.2, 0.25) is 5.91 Å². The number of rotatable bonds is 12. The Balaban J connectivity index is 1.12. The SMILES string of the molecule is CCc1ccncc1-c1c2c3cc(ccc3n1CC)-c1cc(O)cc(c1)C[C@H](NC(=O)[C@H](C(C)C)N(C)C(=O)c1ccc(CC(=O)[C@H]3N[C@H]3C(=O)OC)cn1)C(=O)N1CCC[C@H](N1)C(=O)OCC(C)(C)C2. The van der Waals surface area contributed by atoms with E-state index in [-0.39, 0.29) is 43.2 Å². The van der Waals surface area contributed by atoms with Gasteiger partial charge in [0.15, 0.2) is 5.78 Å². The molecule has 6 bridgehead atoms. The fourth-order valence-electron chi connectivity index (χ4n) is 10.2. The summed E-state index contributed by atoms with van der Waals surface area (Å²) in [4.78, 5) is 92.0. The predicted octanol–water partition coefficient (Wildman–Crippen LogP) is 5.12. The number of aryl methyl sites for hydroxylation is 2. The van der Waals surface area contributed by atoms with E-state index in [9.17, 15) is 33.9 Å². The number of benzene rings is 2. The van der Waals surface area contributed by atoms with Crippen LogP contribution in [-0.4, -0.2) is 123 Å². The lowest BCUT2D eigenvalue weighted by Gasteiger charge is -2.36. The summed E-state index contributed by atoms with van der Waals surface area (Å²) in [7, 11) is 2.75. The van der Waals surface area contributed by atoms with Gasteiger partial charge in [-0.1, -0.05) is 52.8 Å². The smallest absolute Gasteiger partial charge is 0.324 e. The van der Waals surface area contributed by atoms with Crippen LogP contribution in [0.5, 0.6) is 5.75 Å². The molecule has 17 nitrogen and oxygen atoms in total. The largest absolute Gasteiger partial charge is 0.508 e. The lowest BCUT2D eigenvalue weighted by atomic mass is 9.84. The minimum Gasteiger partial charge on any atom is -0.508 e. The van der Waals surface area contributed by atoms with Gasteiger partial charge in [0, 0.05) is 73.5 Å². The van der Waals surface area contributed by atoms with Gasteiger partial charge < -0.3 is 29.4 Å². The fourth-order valence-corrected chi connectivity index (χ4v) is 10.2. The number of ketones is 1. The minimum absolute atomic E-state index is 0.0155. The molecule has 4 N–H and O–H groups in total. The summed E-state index contributed by atoms with van der Waals surface area (Å²) in [5.41, 5.74) is 10.6. The van der Waals surface area contributed by atoms with Crippen LogP contribution in [0.4, 0.5) is 0 Å². The van der Waals surface area contributed by atoms with Gasteiger partial charge in [0.25, 0.3) is 11.8 Å². The topological polar surface area (TPSA) is 224 Å². The lowest BCUT2D eigenvalue weighted by Crippen LogP contribution is -2.62. The van der Waals surface area contributed by atoms with Crippen molar-refractivity contribution < 1.29 is 43.3 Å². The summed E-state index contributed by atoms with van der Waals surface area (Å²) in [6.45, 7) is 13.0. The molecular formula is C54H64N8O9. The molecule has 3 aromatic heterocycles. The van der Waals surface area contributed by atoms with Crippen molar-refractivity contribution in [3.8, 4) is 28.1 Å². The number of ether oxygens (including phenoxy) is 2. The zero-order valence-electron chi connectivity index (χ0n) is 41.7. The Morgan fingerprint density at radius 3 is 2.51 bits per heavy atom. The molecule has 0 unspecified atom stereocenters. The number of carbonyl (C=O) groups excluding carboxylic acids is 6. The highest BCUT2D eigenvalue weighted by Crippen LogP contribution is 2.41. The van der Waals surface area contributed by atoms with E-state index in [1.807, 2.05) is 24.5 Å². The quantitative estimate of drug-likeness (QED) is 0.0943. The van der Waals surface area contributed by atoms with E-state index in [4.69, 9.17) is 9.47 Å². The molecule has 2 saturated heterocycles. The van der Waals surface area contributed by atoms with Crippen molar-refractivity contribution >= 4 is 46.3 Å². The van der Waals surface area contributed by atoms with Crippen molar-refractivity contribution in [3.63, 3.8) is 0 Å². The number of nitrogens with one attached hydrogen (secondary N) is 3. The van der Waals surface area contributed by atoms with Crippen molar-refractivity contribution in [2.75, 3.05) is 27.3 Å². The molecule has 3 amide bonds. The van der Waals surface area contributed by atoms with E-state index in [2.05, 4.69) is 76.5 Å². The monoisotopic (exact) mass is 968 g/mol. The van der Waals surface area contributed by atoms with Crippen LogP contribution in [0.2, 0.25) is 0 Å². The van der Waals surface area contributed by atoms with Crippen molar-refractivity contribution in [2.24, 2.45) is 11.3 Å². The molecule has 2 fully saturated rings. The average molecular weight is 969 g/mol. The standard InChI is InChI=1S/C54H64N8O9/c1-9-33-17-18-55-28-39(33)48-38-26-54(5,6)29-71-52(68)41-12-11-19-62(59-41)51(67)42(22-32-20-35(24-36(63)21-32)34-14-16-43(37(38)25-34)61(48)10-2)57-49(65)47(30(3)4)60(7)50(66)40-15-13-31(27-56-40)23-44(64)45-46(58-45)53(69)70-8/h13-18,20-21,24-25,27-28,30,41-42,45-47,58-59,63H,9-12,19,22-23,26,29H2,1-8H3,(H,57,65)/t41-,42-,45+,46+,47-/m0/s1. The van der Waals surface area contributed by atoms with Crippen LogP contribution < -0.4 is 16.1 Å². The molecule has 0 aliphatic carbocycles. The summed E-state index contributed by atoms with van der Waals surface area (Å²) >= 11 is 0. The van der Waals surface area contributed by atoms with Crippen molar-refractivity contribution in [2.45, 2.75) is 117 Å². The Hall–Kier alpha value is -6.98. The van der Waals surface area contributed by atoms with Gasteiger partial charge >= 0.3 is 11.9 Å². The first-order valence-electron chi connectivity index (χ1n) is 24.5.